The van der Waals surface area contributed by atoms with Gasteiger partial charge in [-0.3, -0.25) is 0 Å². The van der Waals surface area contributed by atoms with Gasteiger partial charge in [0, 0.05) is 11.6 Å². The molecule has 3 rings (SSSR count). The van der Waals surface area contributed by atoms with E-state index in [1.807, 2.05) is 6.07 Å². The van der Waals surface area contributed by atoms with Crippen molar-refractivity contribution in [3.05, 3.63) is 77.3 Å². The van der Waals surface area contributed by atoms with E-state index in [1.54, 1.807) is 18.2 Å². The van der Waals surface area contributed by atoms with Crippen LogP contribution in [-0.4, -0.2) is 26.9 Å². The summed E-state index contributed by atoms with van der Waals surface area (Å²) in [5, 5.41) is 20.7. The van der Waals surface area contributed by atoms with Gasteiger partial charge < -0.3 is 15.8 Å². The van der Waals surface area contributed by atoms with Crippen molar-refractivity contribution >= 4 is 10.9 Å². The zero-order chi connectivity index (χ0) is 25.3. The van der Waals surface area contributed by atoms with Crippen molar-refractivity contribution in [2.75, 3.05) is 0 Å². The van der Waals surface area contributed by atoms with Crippen LogP contribution >= 0.6 is 0 Å². The minimum absolute atomic E-state index is 0.0244. The number of pyridine rings is 1. The van der Waals surface area contributed by atoms with Crippen LogP contribution in [0.3, 0.4) is 0 Å². The molecule has 0 saturated carbocycles. The molecule has 34 heavy (non-hydrogen) atoms. The predicted octanol–water partition coefficient (Wildman–Crippen LogP) is 4.23. The van der Waals surface area contributed by atoms with Crippen molar-refractivity contribution in [1.29, 1.82) is 5.26 Å². The first-order valence-electron chi connectivity index (χ1n) is 9.97. The summed E-state index contributed by atoms with van der Waals surface area (Å²) in [5.41, 5.74) is 3.05. The molecule has 1 atom stereocenters. The van der Waals surface area contributed by atoms with Crippen molar-refractivity contribution < 1.29 is 27.1 Å². The largest absolute Gasteiger partial charge is 0.422 e. The van der Waals surface area contributed by atoms with Crippen LogP contribution in [0.2, 0.25) is 0 Å². The topological polar surface area (TPSA) is 112 Å². The van der Waals surface area contributed by atoms with Gasteiger partial charge in [0.05, 0.1) is 17.8 Å². The third-order valence-electron chi connectivity index (χ3n) is 5.35. The monoisotopic (exact) mass is 477 g/mol. The summed E-state index contributed by atoms with van der Waals surface area (Å²) in [7, 11) is 0. The van der Waals surface area contributed by atoms with E-state index in [0.29, 0.717) is 27.6 Å². The van der Waals surface area contributed by atoms with E-state index in [9.17, 15) is 32.3 Å². The Kier molecular flexibility index (Phi) is 6.77. The Labute approximate surface area is 191 Å². The Hall–Kier alpha value is -3.75. The fourth-order valence-corrected chi connectivity index (χ4v) is 3.44. The first-order chi connectivity index (χ1) is 15.9. The Balaban J connectivity index is 1.98. The first-order valence-corrected chi connectivity index (χ1v) is 9.97. The second-order valence-corrected chi connectivity index (χ2v) is 7.62. The molecule has 0 amide bonds. The average molecular weight is 477 g/mol. The molecule has 0 fully saturated rings. The number of nitriles is 1. The van der Waals surface area contributed by atoms with Crippen LogP contribution in [0, 0.1) is 23.0 Å². The normalized spacial score (nSPS) is 14.0. The number of fused-ring (bicyclic) bond motifs is 1. The molecule has 2 aromatic carbocycles. The highest BCUT2D eigenvalue weighted by Gasteiger charge is 2.54. The maximum absolute atomic E-state index is 13.8. The van der Waals surface area contributed by atoms with E-state index in [-0.39, 0.29) is 12.2 Å². The van der Waals surface area contributed by atoms with E-state index >= 15 is 0 Å². The molecule has 0 radical (unpaired) electrons. The van der Waals surface area contributed by atoms with Gasteiger partial charge in [0.25, 0.3) is 0 Å². The smallest absolute Gasteiger partial charge is 0.398 e. The molecule has 11 heteroatoms. The van der Waals surface area contributed by atoms with Crippen LogP contribution in [0.5, 0.6) is 0 Å². The van der Waals surface area contributed by atoms with Crippen molar-refractivity contribution in [3.63, 3.8) is 0 Å². The highest BCUT2D eigenvalue weighted by Crippen LogP contribution is 2.37. The van der Waals surface area contributed by atoms with Crippen molar-refractivity contribution in [3.8, 4) is 17.2 Å². The summed E-state index contributed by atoms with van der Waals surface area (Å²) in [6, 6.07) is 11.5. The lowest BCUT2D eigenvalue weighted by molar-refractivity contribution is -0.245. The van der Waals surface area contributed by atoms with Gasteiger partial charge in [0.2, 0.25) is 5.60 Å². The second-order valence-electron chi connectivity index (χ2n) is 7.62. The third kappa shape index (κ3) is 4.78. The van der Waals surface area contributed by atoms with Gasteiger partial charge in [-0.25, -0.2) is 19.6 Å². The first kappa shape index (κ1) is 24.9. The van der Waals surface area contributed by atoms with Crippen molar-refractivity contribution in [1.82, 2.24) is 9.99 Å². The lowest BCUT2D eigenvalue weighted by Gasteiger charge is -2.30. The maximum Gasteiger partial charge on any atom is 0.422 e. The van der Waals surface area contributed by atoms with Crippen LogP contribution in [0.4, 0.5) is 22.0 Å². The Bertz CT molecular complexity index is 1300. The minimum atomic E-state index is -4.99. The van der Waals surface area contributed by atoms with Crippen LogP contribution in [0.1, 0.15) is 24.6 Å². The standard InChI is InChI=1S/C23H20F5N5O/c1-2-22(34,23(26,27)28)21(30)12-33(31)11-13-3-5-16-17(9-15(10-29)32-20(16)7-13)14-4-6-18(24)19(25)8-14/h3-9,12,34H,2,11,30-31H2,1H3/b21-12-. The molecule has 6 nitrogen and oxygen atoms in total. The molecule has 1 heterocycles. The van der Waals surface area contributed by atoms with Crippen LogP contribution in [-0.2, 0) is 6.54 Å². The van der Waals surface area contributed by atoms with Gasteiger partial charge in [-0.05, 0) is 47.4 Å². The van der Waals surface area contributed by atoms with E-state index < -0.39 is 35.5 Å². The highest BCUT2D eigenvalue weighted by molar-refractivity contribution is 5.95. The third-order valence-corrected chi connectivity index (χ3v) is 5.35. The number of nitrogens with two attached hydrogens (primary N) is 2. The highest BCUT2D eigenvalue weighted by atomic mass is 19.4. The molecule has 0 spiro atoms. The molecule has 1 unspecified atom stereocenters. The molecule has 3 aromatic rings. The number of benzene rings is 2. The second kappa shape index (κ2) is 9.24. The minimum Gasteiger partial charge on any atom is -0.398 e. The van der Waals surface area contributed by atoms with E-state index in [2.05, 4.69) is 4.98 Å². The van der Waals surface area contributed by atoms with Crippen LogP contribution < -0.4 is 11.6 Å². The molecule has 178 valence electrons. The molecule has 0 aliphatic heterocycles. The Morgan fingerprint density at radius 1 is 1.15 bits per heavy atom. The SMILES string of the molecule is CCC(O)(/C(N)=C/N(N)Cc1ccc2c(-c3ccc(F)c(F)c3)cc(C#N)nc2c1)C(F)(F)F. The number of hydrogen-bond acceptors (Lipinski definition) is 6. The summed E-state index contributed by atoms with van der Waals surface area (Å²) in [6.45, 7) is 1.04. The van der Waals surface area contributed by atoms with Gasteiger partial charge in [0.1, 0.15) is 11.8 Å². The zero-order valence-corrected chi connectivity index (χ0v) is 17.9. The molecule has 0 bridgehead atoms. The summed E-state index contributed by atoms with van der Waals surface area (Å²) in [6.07, 6.45) is -4.89. The predicted molar refractivity (Wildman–Crippen MR) is 115 cm³/mol. The lowest BCUT2D eigenvalue weighted by atomic mass is 9.96. The number of nitrogens with zero attached hydrogens (tertiary/aromatic N) is 3. The van der Waals surface area contributed by atoms with E-state index in [0.717, 1.165) is 30.3 Å². The molecular weight excluding hydrogens is 457 g/mol. The average Bonchev–Trinajstić information content (AvgIpc) is 2.78. The van der Waals surface area contributed by atoms with E-state index in [1.165, 1.54) is 12.1 Å². The van der Waals surface area contributed by atoms with E-state index in [4.69, 9.17) is 11.6 Å². The Morgan fingerprint density at radius 2 is 1.85 bits per heavy atom. The number of hydrogen-bond donors (Lipinski definition) is 3. The number of rotatable bonds is 6. The number of aliphatic hydroxyl groups is 1. The Morgan fingerprint density at radius 3 is 2.44 bits per heavy atom. The van der Waals surface area contributed by atoms with Gasteiger partial charge in [-0.2, -0.15) is 18.4 Å². The number of alkyl halides is 3. The number of hydrazine groups is 1. The molecule has 0 saturated heterocycles. The molecular formula is C23H20F5N5O. The molecule has 1 aromatic heterocycles. The molecule has 0 aliphatic carbocycles. The summed E-state index contributed by atoms with van der Waals surface area (Å²) in [5.74, 6) is 3.74. The lowest BCUT2D eigenvalue weighted by Crippen LogP contribution is -2.49. The summed E-state index contributed by atoms with van der Waals surface area (Å²) >= 11 is 0. The van der Waals surface area contributed by atoms with Gasteiger partial charge in [-0.15, -0.1) is 0 Å². The van der Waals surface area contributed by atoms with Crippen molar-refractivity contribution in [2.24, 2.45) is 11.6 Å². The molecule has 5 N–H and O–H groups in total. The zero-order valence-electron chi connectivity index (χ0n) is 17.9. The number of aromatic nitrogens is 1. The number of halogens is 5. The van der Waals surface area contributed by atoms with Gasteiger partial charge >= 0.3 is 6.18 Å². The summed E-state index contributed by atoms with van der Waals surface area (Å²) < 4.78 is 66.7. The van der Waals surface area contributed by atoms with Gasteiger partial charge in [-0.1, -0.05) is 25.1 Å². The van der Waals surface area contributed by atoms with Crippen molar-refractivity contribution in [2.45, 2.75) is 31.7 Å². The fourth-order valence-electron chi connectivity index (χ4n) is 3.44. The van der Waals surface area contributed by atoms with Gasteiger partial charge in [0.15, 0.2) is 11.6 Å². The van der Waals surface area contributed by atoms with Crippen LogP contribution in [0.15, 0.2) is 54.4 Å². The summed E-state index contributed by atoms with van der Waals surface area (Å²) in [4.78, 5) is 4.22. The molecule has 0 aliphatic rings. The maximum atomic E-state index is 13.8. The quantitative estimate of drug-likeness (QED) is 0.278. The van der Waals surface area contributed by atoms with Crippen LogP contribution in [0.25, 0.3) is 22.0 Å². The fraction of sp³-hybridized carbons (Fsp3) is 0.217.